The maximum atomic E-state index is 13.3. The molecule has 0 unspecified atom stereocenters. The molecule has 1 N–H and O–H groups in total. The molecule has 4 aromatic rings. The normalized spacial score (nSPS) is 11.7. The third-order valence-corrected chi connectivity index (χ3v) is 7.79. The fourth-order valence-electron chi connectivity index (χ4n) is 3.25. The van der Waals surface area contributed by atoms with E-state index < -0.39 is 15.9 Å². The SMILES string of the molecule is O=C(CN(CCc1ccccc1)S(=O)(=O)c1ccc(Cl)cc1)Nc1ccc2sncc2c1. The van der Waals surface area contributed by atoms with Crippen LogP contribution in [0.5, 0.6) is 0 Å². The number of rotatable bonds is 8. The summed E-state index contributed by atoms with van der Waals surface area (Å²) in [6.07, 6.45) is 2.21. The Morgan fingerprint density at radius 2 is 1.78 bits per heavy atom. The zero-order valence-electron chi connectivity index (χ0n) is 16.9. The minimum absolute atomic E-state index is 0.0912. The van der Waals surface area contributed by atoms with Crippen molar-refractivity contribution in [3.05, 3.63) is 89.6 Å². The van der Waals surface area contributed by atoms with Gasteiger partial charge < -0.3 is 5.32 Å². The first-order valence-electron chi connectivity index (χ1n) is 9.86. The molecule has 1 heterocycles. The highest BCUT2D eigenvalue weighted by Gasteiger charge is 2.26. The summed E-state index contributed by atoms with van der Waals surface area (Å²) in [7, 11) is -3.90. The van der Waals surface area contributed by atoms with E-state index in [1.165, 1.54) is 40.1 Å². The number of fused-ring (bicyclic) bond motifs is 1. The highest BCUT2D eigenvalue weighted by atomic mass is 35.5. The Morgan fingerprint density at radius 1 is 1.03 bits per heavy atom. The van der Waals surface area contributed by atoms with Gasteiger partial charge in [0.05, 0.1) is 16.1 Å². The van der Waals surface area contributed by atoms with E-state index in [0.29, 0.717) is 17.1 Å². The van der Waals surface area contributed by atoms with Crippen LogP contribution < -0.4 is 5.32 Å². The molecule has 0 saturated heterocycles. The molecule has 0 aliphatic carbocycles. The van der Waals surface area contributed by atoms with Crippen molar-refractivity contribution >= 4 is 54.8 Å². The van der Waals surface area contributed by atoms with E-state index in [4.69, 9.17) is 11.6 Å². The average molecular weight is 486 g/mol. The van der Waals surface area contributed by atoms with Crippen LogP contribution in [0.4, 0.5) is 5.69 Å². The molecule has 0 bridgehead atoms. The Morgan fingerprint density at radius 3 is 2.53 bits per heavy atom. The molecule has 0 saturated carbocycles. The molecular weight excluding hydrogens is 466 g/mol. The van der Waals surface area contributed by atoms with Gasteiger partial charge in [-0.3, -0.25) is 4.79 Å². The van der Waals surface area contributed by atoms with Gasteiger partial charge in [-0.2, -0.15) is 8.68 Å². The van der Waals surface area contributed by atoms with Gasteiger partial charge in [0.1, 0.15) is 0 Å². The molecule has 0 radical (unpaired) electrons. The number of hydrogen-bond acceptors (Lipinski definition) is 5. The van der Waals surface area contributed by atoms with Crippen LogP contribution in [0, 0.1) is 0 Å². The molecule has 0 atom stereocenters. The largest absolute Gasteiger partial charge is 0.325 e. The third-order valence-electron chi connectivity index (χ3n) is 4.90. The highest BCUT2D eigenvalue weighted by molar-refractivity contribution is 7.89. The van der Waals surface area contributed by atoms with E-state index in [-0.39, 0.29) is 18.0 Å². The fourth-order valence-corrected chi connectivity index (χ4v) is 5.40. The zero-order valence-corrected chi connectivity index (χ0v) is 19.3. The van der Waals surface area contributed by atoms with E-state index in [9.17, 15) is 13.2 Å². The van der Waals surface area contributed by atoms with E-state index in [1.807, 2.05) is 42.5 Å². The molecule has 32 heavy (non-hydrogen) atoms. The van der Waals surface area contributed by atoms with Crippen molar-refractivity contribution in [2.75, 3.05) is 18.4 Å². The van der Waals surface area contributed by atoms with Crippen molar-refractivity contribution in [1.82, 2.24) is 8.68 Å². The first kappa shape index (κ1) is 22.4. The molecule has 3 aromatic carbocycles. The summed E-state index contributed by atoms with van der Waals surface area (Å²) in [5.74, 6) is -0.418. The second-order valence-corrected chi connectivity index (χ2v) is 10.4. The molecule has 9 heteroatoms. The van der Waals surface area contributed by atoms with Gasteiger partial charge in [0.25, 0.3) is 0 Å². The summed E-state index contributed by atoms with van der Waals surface area (Å²) in [4.78, 5) is 12.9. The lowest BCUT2D eigenvalue weighted by Gasteiger charge is -2.22. The van der Waals surface area contributed by atoms with Gasteiger partial charge in [-0.15, -0.1) is 0 Å². The van der Waals surface area contributed by atoms with Gasteiger partial charge in [-0.1, -0.05) is 41.9 Å². The Labute approximate surface area is 195 Å². The number of benzene rings is 3. The maximum Gasteiger partial charge on any atom is 0.243 e. The van der Waals surface area contributed by atoms with Crippen LogP contribution in [0.2, 0.25) is 5.02 Å². The third kappa shape index (κ3) is 5.34. The Balaban J connectivity index is 1.54. The van der Waals surface area contributed by atoms with E-state index in [1.54, 1.807) is 12.3 Å². The number of halogens is 1. The molecule has 4 rings (SSSR count). The molecule has 0 aliphatic rings. The van der Waals surface area contributed by atoms with Crippen molar-refractivity contribution < 1.29 is 13.2 Å². The molecule has 0 aliphatic heterocycles. The predicted octanol–water partition coefficient (Wildman–Crippen LogP) is 4.82. The maximum absolute atomic E-state index is 13.3. The van der Waals surface area contributed by atoms with Gasteiger partial charge in [0, 0.05) is 28.8 Å². The second-order valence-electron chi connectivity index (χ2n) is 7.15. The molecule has 0 spiro atoms. The zero-order chi connectivity index (χ0) is 22.6. The van der Waals surface area contributed by atoms with Gasteiger partial charge >= 0.3 is 0 Å². The van der Waals surface area contributed by atoms with Crippen LogP contribution in [0.15, 0.2) is 83.9 Å². The number of amides is 1. The second kappa shape index (κ2) is 9.79. The molecule has 164 valence electrons. The number of hydrogen-bond donors (Lipinski definition) is 1. The minimum atomic E-state index is -3.90. The summed E-state index contributed by atoms with van der Waals surface area (Å²) in [6, 6.07) is 21.0. The standard InChI is InChI=1S/C23H20ClN3O3S2/c24-19-6-9-21(10-7-19)32(29,30)27(13-12-17-4-2-1-3-5-17)16-23(28)26-20-8-11-22-18(14-20)15-25-31-22/h1-11,14-15H,12-13,16H2,(H,26,28). The van der Waals surface area contributed by atoms with Crippen LogP contribution in [-0.4, -0.2) is 36.1 Å². The quantitative estimate of drug-likeness (QED) is 0.388. The van der Waals surface area contributed by atoms with Gasteiger partial charge in [-0.05, 0) is 66.0 Å². The Bertz CT molecular complexity index is 1320. The van der Waals surface area contributed by atoms with E-state index in [2.05, 4.69) is 9.69 Å². The lowest BCUT2D eigenvalue weighted by molar-refractivity contribution is -0.116. The fraction of sp³-hybridized carbons (Fsp3) is 0.130. The number of carbonyl (C=O) groups excluding carboxylic acids is 1. The van der Waals surface area contributed by atoms with Gasteiger partial charge in [-0.25, -0.2) is 8.42 Å². The van der Waals surface area contributed by atoms with Crippen molar-refractivity contribution in [2.45, 2.75) is 11.3 Å². The molecule has 1 amide bonds. The lowest BCUT2D eigenvalue weighted by atomic mass is 10.1. The summed E-state index contributed by atoms with van der Waals surface area (Å²) in [5.41, 5.74) is 1.58. The monoisotopic (exact) mass is 485 g/mol. The number of aromatic nitrogens is 1. The van der Waals surface area contributed by atoms with Crippen LogP contribution in [0.1, 0.15) is 5.56 Å². The van der Waals surface area contributed by atoms with Crippen LogP contribution in [0.25, 0.3) is 10.1 Å². The van der Waals surface area contributed by atoms with Gasteiger partial charge in [0.2, 0.25) is 15.9 Å². The van der Waals surface area contributed by atoms with Crippen molar-refractivity contribution in [2.24, 2.45) is 0 Å². The van der Waals surface area contributed by atoms with E-state index >= 15 is 0 Å². The first-order chi connectivity index (χ1) is 15.4. The lowest BCUT2D eigenvalue weighted by Crippen LogP contribution is -2.39. The Hall–Kier alpha value is -2.78. The number of anilines is 1. The smallest absolute Gasteiger partial charge is 0.243 e. The van der Waals surface area contributed by atoms with E-state index in [0.717, 1.165) is 15.6 Å². The average Bonchev–Trinajstić information content (AvgIpc) is 3.25. The topological polar surface area (TPSA) is 79.4 Å². The predicted molar refractivity (Wildman–Crippen MR) is 129 cm³/mol. The number of carbonyl (C=O) groups is 1. The van der Waals surface area contributed by atoms with Crippen molar-refractivity contribution in [1.29, 1.82) is 0 Å². The van der Waals surface area contributed by atoms with Gasteiger partial charge in [0.15, 0.2) is 0 Å². The molecule has 0 fully saturated rings. The highest BCUT2D eigenvalue weighted by Crippen LogP contribution is 2.23. The molecule has 6 nitrogen and oxygen atoms in total. The first-order valence-corrected chi connectivity index (χ1v) is 12.4. The Kier molecular flexibility index (Phi) is 6.86. The number of nitrogens with one attached hydrogen (secondary N) is 1. The number of nitrogens with zero attached hydrogens (tertiary/aromatic N) is 2. The molecule has 1 aromatic heterocycles. The minimum Gasteiger partial charge on any atom is -0.325 e. The van der Waals surface area contributed by atoms with Crippen LogP contribution >= 0.6 is 23.1 Å². The summed E-state index contributed by atoms with van der Waals surface area (Å²) < 4.78 is 32.9. The summed E-state index contributed by atoms with van der Waals surface area (Å²) in [5, 5.41) is 4.16. The molecular formula is C23H20ClN3O3S2. The number of sulfonamides is 1. The van der Waals surface area contributed by atoms with Crippen LogP contribution in [-0.2, 0) is 21.2 Å². The summed E-state index contributed by atoms with van der Waals surface area (Å²) in [6.45, 7) is -0.145. The van der Waals surface area contributed by atoms with Crippen molar-refractivity contribution in [3.8, 4) is 0 Å². The van der Waals surface area contributed by atoms with Crippen LogP contribution in [0.3, 0.4) is 0 Å². The van der Waals surface area contributed by atoms with Crippen molar-refractivity contribution in [3.63, 3.8) is 0 Å². The summed E-state index contributed by atoms with van der Waals surface area (Å²) >= 11 is 7.29.